The van der Waals surface area contributed by atoms with E-state index < -0.39 is 4.92 Å². The first-order chi connectivity index (χ1) is 9.63. The van der Waals surface area contributed by atoms with Gasteiger partial charge in [-0.2, -0.15) is 0 Å². The SMILES string of the molecule is CCOC(=S)c1ccc(-c2ccccc2)c([N+](=O)[O-])c1. The molecule has 0 amide bonds. The van der Waals surface area contributed by atoms with Gasteiger partial charge in [-0.1, -0.05) is 30.3 Å². The van der Waals surface area contributed by atoms with E-state index in [1.807, 2.05) is 37.3 Å². The standard InChI is InChI=1S/C15H13NO3S/c1-2-19-15(20)12-8-9-13(14(10-12)16(17)18)11-6-4-3-5-7-11/h3-10H,2H2,1H3. The molecule has 0 fully saturated rings. The Balaban J connectivity index is 2.49. The third kappa shape index (κ3) is 3.00. The average molecular weight is 287 g/mol. The number of nitro benzene ring substituents is 1. The molecule has 0 aliphatic rings. The van der Waals surface area contributed by atoms with Crippen molar-refractivity contribution in [3.63, 3.8) is 0 Å². The van der Waals surface area contributed by atoms with Crippen molar-refractivity contribution in [3.8, 4) is 11.1 Å². The van der Waals surface area contributed by atoms with Crippen molar-refractivity contribution in [1.29, 1.82) is 0 Å². The molecule has 5 heteroatoms. The van der Waals surface area contributed by atoms with Gasteiger partial charge in [0.2, 0.25) is 0 Å². The van der Waals surface area contributed by atoms with E-state index in [2.05, 4.69) is 0 Å². The Labute approximate surface area is 122 Å². The fourth-order valence-corrected chi connectivity index (χ4v) is 2.13. The minimum Gasteiger partial charge on any atom is -0.483 e. The lowest BCUT2D eigenvalue weighted by Gasteiger charge is -2.07. The number of hydrogen-bond donors (Lipinski definition) is 0. The largest absolute Gasteiger partial charge is 0.483 e. The zero-order valence-corrected chi connectivity index (χ0v) is 11.7. The Kier molecular flexibility index (Phi) is 4.42. The number of nitro groups is 1. The average Bonchev–Trinajstić information content (AvgIpc) is 2.47. The van der Waals surface area contributed by atoms with E-state index in [4.69, 9.17) is 17.0 Å². The van der Waals surface area contributed by atoms with Gasteiger partial charge in [0.05, 0.1) is 17.1 Å². The van der Waals surface area contributed by atoms with Gasteiger partial charge in [0.1, 0.15) is 0 Å². The van der Waals surface area contributed by atoms with Crippen LogP contribution in [0.15, 0.2) is 48.5 Å². The molecular weight excluding hydrogens is 274 g/mol. The fraction of sp³-hybridized carbons (Fsp3) is 0.133. The quantitative estimate of drug-likeness (QED) is 0.485. The number of ether oxygens (including phenoxy) is 1. The summed E-state index contributed by atoms with van der Waals surface area (Å²) in [5.74, 6) is 0. The summed E-state index contributed by atoms with van der Waals surface area (Å²) < 4.78 is 5.22. The van der Waals surface area contributed by atoms with Crippen LogP contribution >= 0.6 is 12.2 Å². The van der Waals surface area contributed by atoms with Crippen molar-refractivity contribution in [1.82, 2.24) is 0 Å². The highest BCUT2D eigenvalue weighted by Gasteiger charge is 2.17. The van der Waals surface area contributed by atoms with Gasteiger partial charge in [-0.3, -0.25) is 10.1 Å². The van der Waals surface area contributed by atoms with Crippen LogP contribution in [0.2, 0.25) is 0 Å². The minimum absolute atomic E-state index is 0.0238. The molecule has 2 rings (SSSR count). The molecule has 0 aliphatic carbocycles. The van der Waals surface area contributed by atoms with Gasteiger partial charge < -0.3 is 4.74 Å². The zero-order valence-electron chi connectivity index (χ0n) is 10.9. The van der Waals surface area contributed by atoms with Gasteiger partial charge in [-0.25, -0.2) is 0 Å². The highest BCUT2D eigenvalue weighted by molar-refractivity contribution is 7.80. The van der Waals surface area contributed by atoms with Crippen molar-refractivity contribution in [2.24, 2.45) is 0 Å². The highest BCUT2D eigenvalue weighted by atomic mass is 32.1. The zero-order chi connectivity index (χ0) is 14.5. The normalized spacial score (nSPS) is 10.1. The number of rotatable bonds is 4. The summed E-state index contributed by atoms with van der Waals surface area (Å²) in [5.41, 5.74) is 1.94. The van der Waals surface area contributed by atoms with E-state index in [0.717, 1.165) is 5.56 Å². The van der Waals surface area contributed by atoms with Crippen LogP contribution in [-0.4, -0.2) is 16.6 Å². The van der Waals surface area contributed by atoms with E-state index in [1.54, 1.807) is 12.1 Å². The molecule has 0 N–H and O–H groups in total. The van der Waals surface area contributed by atoms with E-state index >= 15 is 0 Å². The van der Waals surface area contributed by atoms with Crippen molar-refractivity contribution in [2.75, 3.05) is 6.61 Å². The molecule has 0 unspecified atom stereocenters. The molecule has 2 aromatic carbocycles. The van der Waals surface area contributed by atoms with Gasteiger partial charge >= 0.3 is 0 Å². The Bertz CT molecular complexity index is 641. The fourth-order valence-electron chi connectivity index (χ4n) is 1.89. The molecule has 0 saturated heterocycles. The first-order valence-electron chi connectivity index (χ1n) is 6.14. The maximum absolute atomic E-state index is 11.2. The Hall–Kier alpha value is -2.27. The van der Waals surface area contributed by atoms with Crippen LogP contribution in [0.4, 0.5) is 5.69 Å². The van der Waals surface area contributed by atoms with Gasteiger partial charge in [-0.15, -0.1) is 0 Å². The van der Waals surface area contributed by atoms with Crippen molar-refractivity contribution >= 4 is 23.0 Å². The summed E-state index contributed by atoms with van der Waals surface area (Å²) in [6.07, 6.45) is 0. The Morgan fingerprint density at radius 3 is 2.55 bits per heavy atom. The summed E-state index contributed by atoms with van der Waals surface area (Å²) in [6.45, 7) is 2.26. The first-order valence-corrected chi connectivity index (χ1v) is 6.55. The van der Waals surface area contributed by atoms with Crippen LogP contribution in [0.1, 0.15) is 12.5 Å². The van der Waals surface area contributed by atoms with Gasteiger partial charge in [0.15, 0.2) is 5.05 Å². The number of nitrogens with zero attached hydrogens (tertiary/aromatic N) is 1. The summed E-state index contributed by atoms with van der Waals surface area (Å²) in [7, 11) is 0. The molecule has 0 bridgehead atoms. The molecular formula is C15H13NO3S. The molecule has 102 valence electrons. The molecule has 2 aromatic rings. The topological polar surface area (TPSA) is 52.4 Å². The van der Waals surface area contributed by atoms with Crippen LogP contribution in [0, 0.1) is 10.1 Å². The molecule has 0 aromatic heterocycles. The predicted octanol–water partition coefficient (Wildman–Crippen LogP) is 3.97. The first kappa shape index (κ1) is 14.1. The second-order valence-electron chi connectivity index (χ2n) is 4.08. The minimum atomic E-state index is -0.402. The number of benzene rings is 2. The predicted molar refractivity (Wildman–Crippen MR) is 81.9 cm³/mol. The highest BCUT2D eigenvalue weighted by Crippen LogP contribution is 2.30. The monoisotopic (exact) mass is 287 g/mol. The van der Waals surface area contributed by atoms with E-state index in [9.17, 15) is 10.1 Å². The third-order valence-electron chi connectivity index (χ3n) is 2.79. The maximum atomic E-state index is 11.2. The smallest absolute Gasteiger partial charge is 0.277 e. The maximum Gasteiger partial charge on any atom is 0.277 e. The van der Waals surface area contributed by atoms with Crippen molar-refractivity contribution < 1.29 is 9.66 Å². The van der Waals surface area contributed by atoms with Crippen molar-refractivity contribution in [2.45, 2.75) is 6.92 Å². The molecule has 0 heterocycles. The molecule has 0 atom stereocenters. The Morgan fingerprint density at radius 2 is 1.95 bits per heavy atom. The van der Waals surface area contributed by atoms with Crippen LogP contribution in [-0.2, 0) is 4.74 Å². The molecule has 0 radical (unpaired) electrons. The lowest BCUT2D eigenvalue weighted by Crippen LogP contribution is -2.04. The van der Waals surface area contributed by atoms with E-state index in [-0.39, 0.29) is 10.7 Å². The van der Waals surface area contributed by atoms with Gasteiger partial charge in [0.25, 0.3) is 5.69 Å². The lowest BCUT2D eigenvalue weighted by molar-refractivity contribution is -0.384. The molecule has 20 heavy (non-hydrogen) atoms. The lowest BCUT2D eigenvalue weighted by atomic mass is 10.0. The number of hydrogen-bond acceptors (Lipinski definition) is 4. The summed E-state index contributed by atoms with van der Waals surface area (Å²) >= 11 is 5.08. The summed E-state index contributed by atoms with van der Waals surface area (Å²) in [6, 6.07) is 14.1. The summed E-state index contributed by atoms with van der Waals surface area (Å²) in [5, 5.41) is 11.5. The summed E-state index contributed by atoms with van der Waals surface area (Å²) in [4.78, 5) is 10.8. The van der Waals surface area contributed by atoms with E-state index in [0.29, 0.717) is 17.7 Å². The molecule has 0 saturated carbocycles. The van der Waals surface area contributed by atoms with Crippen LogP contribution < -0.4 is 0 Å². The van der Waals surface area contributed by atoms with Gasteiger partial charge in [-0.05, 0) is 36.8 Å². The van der Waals surface area contributed by atoms with E-state index in [1.165, 1.54) is 6.07 Å². The third-order valence-corrected chi connectivity index (χ3v) is 3.14. The Morgan fingerprint density at radius 1 is 1.25 bits per heavy atom. The van der Waals surface area contributed by atoms with Crippen molar-refractivity contribution in [3.05, 3.63) is 64.2 Å². The van der Waals surface area contributed by atoms with Crippen LogP contribution in [0.5, 0.6) is 0 Å². The molecule has 4 nitrogen and oxygen atoms in total. The molecule has 0 spiro atoms. The molecule has 0 aliphatic heterocycles. The van der Waals surface area contributed by atoms with Crippen LogP contribution in [0.25, 0.3) is 11.1 Å². The van der Waals surface area contributed by atoms with Gasteiger partial charge in [0, 0.05) is 11.6 Å². The second kappa shape index (κ2) is 6.25. The second-order valence-corrected chi connectivity index (χ2v) is 4.45. The number of thiocarbonyl (C=S) groups is 1. The van der Waals surface area contributed by atoms with Crippen LogP contribution in [0.3, 0.4) is 0 Å².